The van der Waals surface area contributed by atoms with Crippen molar-refractivity contribution in [3.63, 3.8) is 0 Å². The first-order chi connectivity index (χ1) is 29.8. The van der Waals surface area contributed by atoms with Crippen molar-refractivity contribution >= 4 is 27.8 Å². The highest BCUT2D eigenvalue weighted by Gasteiger charge is 2.48. The molecule has 60 heavy (non-hydrogen) atoms. The fourth-order valence-corrected chi connectivity index (χ4v) is 10.2. The summed E-state index contributed by atoms with van der Waals surface area (Å²) in [6, 6.07) is 84.1. The van der Waals surface area contributed by atoms with Crippen molar-refractivity contribution < 1.29 is 0 Å². The summed E-state index contributed by atoms with van der Waals surface area (Å²) in [5.41, 5.74) is 19.5. The number of rotatable bonds is 6. The maximum Gasteiger partial charge on any atom is 0.0721 e. The van der Waals surface area contributed by atoms with Gasteiger partial charge in [0.05, 0.1) is 28.2 Å². The Morgan fingerprint density at radius 2 is 0.933 bits per heavy atom. The number of hydrogen-bond donors (Lipinski definition) is 0. The van der Waals surface area contributed by atoms with Gasteiger partial charge >= 0.3 is 0 Å². The third kappa shape index (κ3) is 5.04. The number of anilines is 3. The summed E-state index contributed by atoms with van der Waals surface area (Å²) in [5, 5.41) is 2.40. The molecular weight excluding hydrogens is 725 g/mol. The normalized spacial score (nSPS) is 13.1. The molecule has 0 N–H and O–H groups in total. The second kappa shape index (κ2) is 13.7. The van der Waals surface area contributed by atoms with E-state index in [0.717, 1.165) is 39.5 Å². The molecule has 280 valence electrons. The van der Waals surface area contributed by atoms with Gasteiger partial charge in [-0.05, 0) is 80.2 Å². The van der Waals surface area contributed by atoms with Crippen LogP contribution in [0.5, 0.6) is 0 Å². The van der Waals surface area contributed by atoms with Crippen LogP contribution >= 0.6 is 0 Å². The average molecular weight is 763 g/mol. The zero-order chi connectivity index (χ0) is 39.6. The Morgan fingerprint density at radius 3 is 1.63 bits per heavy atom. The standard InChI is InChI=1S/C58H38N2/c1-6-19-39(20-7-1)41-37-52(40-21-8-2-9-22-40)59-53(38-41)45-33-34-47-48-35-36-51-56(57(48)60(44-27-14-5-15-28-44)54-32-18-30-46(45)55(47)54)49-29-16-17-31-50(49)58(51,42-23-10-3-11-24-42)43-25-12-4-13-26-43/h1-38H. The van der Waals surface area contributed by atoms with E-state index in [4.69, 9.17) is 4.98 Å². The van der Waals surface area contributed by atoms with Gasteiger partial charge in [0.2, 0.25) is 0 Å². The molecule has 1 aromatic heterocycles. The quantitative estimate of drug-likeness (QED) is 0.168. The Morgan fingerprint density at radius 1 is 0.367 bits per heavy atom. The van der Waals surface area contributed by atoms with Gasteiger partial charge in [-0.2, -0.15) is 0 Å². The lowest BCUT2D eigenvalue weighted by Gasteiger charge is -2.37. The minimum atomic E-state index is -0.506. The Labute approximate surface area is 350 Å². The molecule has 2 aliphatic rings. The summed E-state index contributed by atoms with van der Waals surface area (Å²) >= 11 is 0. The Bertz CT molecular complexity index is 3130. The lowest BCUT2D eigenvalue weighted by molar-refractivity contribution is 0.768. The molecule has 9 aromatic carbocycles. The van der Waals surface area contributed by atoms with Gasteiger partial charge in [-0.15, -0.1) is 0 Å². The van der Waals surface area contributed by atoms with Gasteiger partial charge in [-0.1, -0.05) is 200 Å². The maximum atomic E-state index is 5.41. The minimum Gasteiger partial charge on any atom is -0.309 e. The number of benzene rings is 9. The lowest BCUT2D eigenvalue weighted by atomic mass is 9.67. The Kier molecular flexibility index (Phi) is 7.79. The molecule has 1 aliphatic carbocycles. The first-order valence-corrected chi connectivity index (χ1v) is 20.7. The van der Waals surface area contributed by atoms with E-state index in [0.29, 0.717) is 0 Å². The fourth-order valence-electron chi connectivity index (χ4n) is 10.2. The van der Waals surface area contributed by atoms with Gasteiger partial charge in [0.25, 0.3) is 0 Å². The maximum absolute atomic E-state index is 5.41. The molecule has 0 bridgehead atoms. The molecule has 0 fully saturated rings. The smallest absolute Gasteiger partial charge is 0.0721 e. The number of nitrogens with zero attached hydrogens (tertiary/aromatic N) is 2. The first kappa shape index (κ1) is 34.3. The van der Waals surface area contributed by atoms with Gasteiger partial charge in [0.1, 0.15) is 0 Å². The molecule has 1 aliphatic heterocycles. The van der Waals surface area contributed by atoms with E-state index in [9.17, 15) is 0 Å². The average Bonchev–Trinajstić information content (AvgIpc) is 3.64. The molecule has 2 heteroatoms. The number of para-hydroxylation sites is 1. The van der Waals surface area contributed by atoms with Crippen molar-refractivity contribution in [2.75, 3.05) is 4.90 Å². The molecule has 0 saturated heterocycles. The highest BCUT2D eigenvalue weighted by atomic mass is 15.2. The molecule has 10 aromatic rings. The van der Waals surface area contributed by atoms with Gasteiger partial charge in [-0.25, -0.2) is 4.98 Å². The first-order valence-electron chi connectivity index (χ1n) is 20.7. The summed E-state index contributed by atoms with van der Waals surface area (Å²) in [6.45, 7) is 0. The van der Waals surface area contributed by atoms with Crippen LogP contribution in [0.4, 0.5) is 17.1 Å². The van der Waals surface area contributed by atoms with Crippen LogP contribution in [0.1, 0.15) is 22.3 Å². The van der Waals surface area contributed by atoms with Gasteiger partial charge in [-0.3, -0.25) is 0 Å². The fraction of sp³-hybridized carbons (Fsp3) is 0.0172. The van der Waals surface area contributed by atoms with Crippen molar-refractivity contribution in [1.82, 2.24) is 4.98 Å². The molecule has 0 unspecified atom stereocenters. The van der Waals surface area contributed by atoms with Crippen LogP contribution in [0.25, 0.3) is 66.7 Å². The van der Waals surface area contributed by atoms with E-state index in [-0.39, 0.29) is 0 Å². The van der Waals surface area contributed by atoms with Gasteiger partial charge in [0, 0.05) is 33.3 Å². The molecule has 12 rings (SSSR count). The lowest BCUT2D eigenvalue weighted by Crippen LogP contribution is -2.28. The van der Waals surface area contributed by atoms with E-state index >= 15 is 0 Å². The van der Waals surface area contributed by atoms with E-state index < -0.39 is 5.41 Å². The van der Waals surface area contributed by atoms with E-state index in [1.54, 1.807) is 0 Å². The molecule has 0 radical (unpaired) electrons. The zero-order valence-corrected chi connectivity index (χ0v) is 32.8. The molecule has 0 atom stereocenters. The van der Waals surface area contributed by atoms with Crippen LogP contribution in [0.3, 0.4) is 0 Å². The molecular formula is C58H38N2. The number of fused-ring (bicyclic) bond motifs is 6. The minimum absolute atomic E-state index is 0.506. The van der Waals surface area contributed by atoms with Crippen molar-refractivity contribution in [1.29, 1.82) is 0 Å². The third-order valence-electron chi connectivity index (χ3n) is 12.7. The van der Waals surface area contributed by atoms with Crippen LogP contribution in [0, 0.1) is 0 Å². The van der Waals surface area contributed by atoms with Gasteiger partial charge in [0.15, 0.2) is 0 Å². The third-order valence-corrected chi connectivity index (χ3v) is 12.7. The molecule has 0 spiro atoms. The van der Waals surface area contributed by atoms with Crippen LogP contribution in [-0.4, -0.2) is 4.98 Å². The Hall–Kier alpha value is -7.81. The van der Waals surface area contributed by atoms with Crippen molar-refractivity contribution in [2.24, 2.45) is 0 Å². The van der Waals surface area contributed by atoms with Crippen molar-refractivity contribution in [2.45, 2.75) is 5.41 Å². The zero-order valence-electron chi connectivity index (χ0n) is 32.8. The summed E-state index contributed by atoms with van der Waals surface area (Å²) in [7, 11) is 0. The predicted octanol–water partition coefficient (Wildman–Crippen LogP) is 15.0. The SMILES string of the molecule is c1ccc(-c2cc(-c3ccccc3)nc(-c3ccc4c5c(cccc35)N(c3ccccc3)c3c-4ccc4c3-c3ccccc3C4(c3ccccc3)c3ccccc3)c2)cc1. The summed E-state index contributed by atoms with van der Waals surface area (Å²) in [6.07, 6.45) is 0. The summed E-state index contributed by atoms with van der Waals surface area (Å²) in [5.74, 6) is 0. The predicted molar refractivity (Wildman–Crippen MR) is 249 cm³/mol. The van der Waals surface area contributed by atoms with E-state index in [2.05, 4.69) is 235 Å². The van der Waals surface area contributed by atoms with Gasteiger partial charge < -0.3 is 4.90 Å². The number of aromatic nitrogens is 1. The second-order valence-electron chi connectivity index (χ2n) is 15.8. The number of hydrogen-bond acceptors (Lipinski definition) is 2. The largest absolute Gasteiger partial charge is 0.309 e. The highest BCUT2D eigenvalue weighted by Crippen LogP contribution is 2.63. The molecule has 0 saturated carbocycles. The summed E-state index contributed by atoms with van der Waals surface area (Å²) < 4.78 is 0. The monoisotopic (exact) mass is 762 g/mol. The molecule has 0 amide bonds. The topological polar surface area (TPSA) is 16.1 Å². The van der Waals surface area contributed by atoms with Crippen LogP contribution in [0.2, 0.25) is 0 Å². The summed E-state index contributed by atoms with van der Waals surface area (Å²) in [4.78, 5) is 7.93. The highest BCUT2D eigenvalue weighted by molar-refractivity contribution is 6.20. The van der Waals surface area contributed by atoms with E-state index in [1.807, 2.05) is 0 Å². The van der Waals surface area contributed by atoms with Crippen LogP contribution in [0.15, 0.2) is 231 Å². The Balaban J connectivity index is 1.16. The number of pyridine rings is 1. The molecule has 2 nitrogen and oxygen atoms in total. The van der Waals surface area contributed by atoms with Crippen LogP contribution < -0.4 is 4.90 Å². The van der Waals surface area contributed by atoms with Crippen molar-refractivity contribution in [3.8, 4) is 55.9 Å². The van der Waals surface area contributed by atoms with E-state index in [1.165, 1.54) is 66.5 Å². The molecule has 2 heterocycles. The van der Waals surface area contributed by atoms with Crippen molar-refractivity contribution in [3.05, 3.63) is 253 Å². The van der Waals surface area contributed by atoms with Crippen LogP contribution in [-0.2, 0) is 5.41 Å². The second-order valence-corrected chi connectivity index (χ2v) is 15.8.